The van der Waals surface area contributed by atoms with E-state index in [1.54, 1.807) is 13.8 Å². The van der Waals surface area contributed by atoms with E-state index in [9.17, 15) is 4.79 Å². The number of nitrogens with zero attached hydrogens (tertiary/aromatic N) is 2. The van der Waals surface area contributed by atoms with Crippen molar-refractivity contribution in [3.63, 3.8) is 0 Å². The van der Waals surface area contributed by atoms with Crippen LogP contribution in [0.2, 0.25) is 0 Å². The monoisotopic (exact) mass is 451 g/mol. The van der Waals surface area contributed by atoms with E-state index in [-0.39, 0.29) is 30.6 Å². The predicted molar refractivity (Wildman–Crippen MR) is 124 cm³/mol. The van der Waals surface area contributed by atoms with Gasteiger partial charge in [0.05, 0.1) is 5.92 Å². The van der Waals surface area contributed by atoms with Crippen LogP contribution in [0.25, 0.3) is 0 Å². The molecule has 0 radical (unpaired) electrons. The van der Waals surface area contributed by atoms with Gasteiger partial charge in [-0.15, -0.1) is 0 Å². The molecule has 0 aromatic rings. The van der Waals surface area contributed by atoms with Crippen LogP contribution >= 0.6 is 20.2 Å². The van der Waals surface area contributed by atoms with Gasteiger partial charge in [-0.25, -0.2) is 9.34 Å². The van der Waals surface area contributed by atoms with Crippen LogP contribution in [-0.4, -0.2) is 63.9 Å². The molecule has 1 unspecified atom stereocenters. The molecule has 0 bridgehead atoms. The van der Waals surface area contributed by atoms with Gasteiger partial charge in [0.15, 0.2) is 27.2 Å². The standard InChI is InChI=1S/C20H42N3O4PS/c1-14(2)22(15(3)4)28(23(16(5)6)17(7)8)27-12-25-11-26-13-29-20(24)18(9)19(10)21/h14-18,21H,11-13H2,1-10H3. The molecule has 9 heteroatoms. The van der Waals surface area contributed by atoms with E-state index in [1.807, 2.05) is 0 Å². The molecule has 1 N–H and O–H groups in total. The van der Waals surface area contributed by atoms with Crippen LogP contribution in [0.5, 0.6) is 0 Å². The maximum atomic E-state index is 11.8. The maximum Gasteiger partial charge on any atom is 0.199 e. The molecule has 0 saturated carbocycles. The zero-order valence-corrected chi connectivity index (χ0v) is 21.6. The van der Waals surface area contributed by atoms with Gasteiger partial charge in [-0.2, -0.15) is 0 Å². The van der Waals surface area contributed by atoms with Gasteiger partial charge in [0.1, 0.15) is 5.94 Å². The Hall–Kier alpha value is -0.0800. The summed E-state index contributed by atoms with van der Waals surface area (Å²) < 4.78 is 21.9. The summed E-state index contributed by atoms with van der Waals surface area (Å²) in [5.74, 6) is -0.174. The summed E-state index contributed by atoms with van der Waals surface area (Å²) in [5.41, 5.74) is 0.361. The van der Waals surface area contributed by atoms with E-state index in [0.29, 0.717) is 29.9 Å². The molecule has 0 aliphatic rings. The number of rotatable bonds is 15. The first-order chi connectivity index (χ1) is 13.4. The molecule has 0 aromatic carbocycles. The second-order valence-corrected chi connectivity index (χ2v) is 10.8. The molecule has 29 heavy (non-hydrogen) atoms. The van der Waals surface area contributed by atoms with Gasteiger partial charge in [0.25, 0.3) is 0 Å². The molecule has 0 spiro atoms. The number of carbonyl (C=O) groups excluding carboxylic acids is 1. The van der Waals surface area contributed by atoms with Gasteiger partial charge < -0.3 is 19.4 Å². The molecule has 0 heterocycles. The Kier molecular flexibility index (Phi) is 14.8. The second-order valence-electron chi connectivity index (χ2n) is 8.15. The highest BCUT2D eigenvalue weighted by Gasteiger charge is 2.34. The molecule has 0 amide bonds. The van der Waals surface area contributed by atoms with Crippen molar-refractivity contribution < 1.29 is 18.8 Å². The molecular formula is C20H42N3O4PS. The Morgan fingerprint density at radius 1 is 0.862 bits per heavy atom. The fourth-order valence-corrected chi connectivity index (χ4v) is 5.80. The fourth-order valence-electron chi connectivity index (χ4n) is 2.85. The third kappa shape index (κ3) is 10.7. The van der Waals surface area contributed by atoms with Crippen LogP contribution in [0.4, 0.5) is 0 Å². The van der Waals surface area contributed by atoms with Crippen molar-refractivity contribution in [1.82, 2.24) is 9.34 Å². The summed E-state index contributed by atoms with van der Waals surface area (Å²) in [7, 11) is -0.993. The van der Waals surface area contributed by atoms with E-state index in [2.05, 4.69) is 64.7 Å². The van der Waals surface area contributed by atoms with Crippen LogP contribution in [0.3, 0.4) is 0 Å². The first-order valence-electron chi connectivity index (χ1n) is 10.3. The zero-order valence-electron chi connectivity index (χ0n) is 19.9. The fraction of sp³-hybridized carbons (Fsp3) is 0.900. The molecule has 0 aliphatic carbocycles. The number of carbonyl (C=O) groups is 1. The lowest BCUT2D eigenvalue weighted by Gasteiger charge is -2.45. The third-order valence-corrected chi connectivity index (χ3v) is 8.11. The summed E-state index contributed by atoms with van der Waals surface area (Å²) in [6, 6.07) is 1.39. The lowest BCUT2D eigenvalue weighted by molar-refractivity contribution is -0.112. The van der Waals surface area contributed by atoms with Crippen molar-refractivity contribution in [3.8, 4) is 0 Å². The van der Waals surface area contributed by atoms with E-state index in [0.717, 1.165) is 11.8 Å². The van der Waals surface area contributed by atoms with Crippen LogP contribution in [-0.2, 0) is 18.8 Å². The van der Waals surface area contributed by atoms with Crippen LogP contribution in [0.1, 0.15) is 69.2 Å². The van der Waals surface area contributed by atoms with Crippen molar-refractivity contribution in [1.29, 1.82) is 5.41 Å². The molecule has 172 valence electrons. The summed E-state index contributed by atoms with van der Waals surface area (Å²) in [6.07, 6.45) is 0. The Balaban J connectivity index is 4.65. The Morgan fingerprint density at radius 3 is 1.69 bits per heavy atom. The van der Waals surface area contributed by atoms with E-state index in [4.69, 9.17) is 19.4 Å². The Bertz CT molecular complexity index is 456. The van der Waals surface area contributed by atoms with Gasteiger partial charge in [-0.1, -0.05) is 11.8 Å². The van der Waals surface area contributed by atoms with Crippen molar-refractivity contribution >= 4 is 31.0 Å². The van der Waals surface area contributed by atoms with Crippen molar-refractivity contribution in [2.24, 2.45) is 5.92 Å². The molecule has 0 fully saturated rings. The minimum Gasteiger partial charge on any atom is -0.344 e. The number of thioether (sulfide) groups is 1. The second kappa shape index (κ2) is 14.8. The minimum atomic E-state index is -0.993. The molecular weight excluding hydrogens is 409 g/mol. The number of nitrogens with one attached hydrogen (secondary N) is 1. The highest BCUT2D eigenvalue weighted by molar-refractivity contribution is 8.13. The largest absolute Gasteiger partial charge is 0.344 e. The Labute approximate surface area is 183 Å². The molecule has 7 nitrogen and oxygen atoms in total. The Morgan fingerprint density at radius 2 is 1.31 bits per heavy atom. The number of hydrogen-bond donors (Lipinski definition) is 1. The van der Waals surface area contributed by atoms with Crippen LogP contribution in [0, 0.1) is 11.3 Å². The summed E-state index contributed by atoms with van der Waals surface area (Å²) >= 11 is 1.07. The summed E-state index contributed by atoms with van der Waals surface area (Å²) in [5, 5.41) is 7.45. The quantitative estimate of drug-likeness (QED) is 0.156. The predicted octanol–water partition coefficient (Wildman–Crippen LogP) is 5.31. The highest BCUT2D eigenvalue weighted by atomic mass is 32.2. The van der Waals surface area contributed by atoms with Crippen molar-refractivity contribution in [2.45, 2.75) is 93.4 Å². The zero-order chi connectivity index (χ0) is 22.7. The van der Waals surface area contributed by atoms with Gasteiger partial charge in [0, 0.05) is 29.9 Å². The lowest BCUT2D eigenvalue weighted by Crippen LogP contribution is -2.43. The van der Waals surface area contributed by atoms with E-state index >= 15 is 0 Å². The molecule has 0 saturated heterocycles. The smallest absolute Gasteiger partial charge is 0.199 e. The van der Waals surface area contributed by atoms with Crippen LogP contribution < -0.4 is 0 Å². The SMILES string of the molecule is CC(=N)C(C)C(=O)SCOCOCOP(N(C(C)C)C(C)C)N(C(C)C)C(C)C. The molecule has 0 aliphatic heterocycles. The van der Waals surface area contributed by atoms with E-state index in [1.165, 1.54) is 0 Å². The number of hydrogen-bond acceptors (Lipinski definition) is 8. The third-order valence-electron chi connectivity index (χ3n) is 4.22. The van der Waals surface area contributed by atoms with E-state index < -0.39 is 8.45 Å². The van der Waals surface area contributed by atoms with Gasteiger partial charge in [0.2, 0.25) is 0 Å². The summed E-state index contributed by atoms with van der Waals surface area (Å²) in [6.45, 7) is 21.1. The summed E-state index contributed by atoms with van der Waals surface area (Å²) in [4.78, 5) is 11.8. The molecule has 0 rings (SSSR count). The average Bonchev–Trinajstić information content (AvgIpc) is 2.58. The van der Waals surface area contributed by atoms with Crippen molar-refractivity contribution in [3.05, 3.63) is 0 Å². The number of ether oxygens (including phenoxy) is 2. The van der Waals surface area contributed by atoms with Gasteiger partial charge >= 0.3 is 0 Å². The first kappa shape index (κ1) is 28.9. The van der Waals surface area contributed by atoms with Crippen molar-refractivity contribution in [2.75, 3.05) is 19.5 Å². The van der Waals surface area contributed by atoms with Gasteiger partial charge in [-0.05, 0) is 69.2 Å². The lowest BCUT2D eigenvalue weighted by atomic mass is 10.1. The average molecular weight is 452 g/mol. The molecule has 1 atom stereocenters. The molecule has 0 aromatic heterocycles. The normalized spacial score (nSPS) is 13.7. The first-order valence-corrected chi connectivity index (χ1v) is 12.4. The topological polar surface area (TPSA) is 75.1 Å². The van der Waals surface area contributed by atoms with Crippen LogP contribution in [0.15, 0.2) is 0 Å². The maximum absolute atomic E-state index is 11.8. The minimum absolute atomic E-state index is 0.0636. The van der Waals surface area contributed by atoms with Gasteiger partial charge in [-0.3, -0.25) is 4.79 Å². The highest BCUT2D eigenvalue weighted by Crippen LogP contribution is 2.50.